The van der Waals surface area contributed by atoms with Crippen molar-refractivity contribution >= 4 is 34.8 Å². The molecule has 8 heavy (non-hydrogen) atoms. The molecular weight excluding hydrogens is 180 g/mol. The standard InChI is InChI=1S/C2H2F2.CHCl3/c1-2(3)4;2-1(3)4/h1H2;1H. The van der Waals surface area contributed by atoms with Gasteiger partial charge in [-0.3, -0.25) is 0 Å². The van der Waals surface area contributed by atoms with Crippen molar-refractivity contribution in [1.29, 1.82) is 0 Å². The van der Waals surface area contributed by atoms with Gasteiger partial charge in [0.15, 0.2) is 4.30 Å². The number of rotatable bonds is 0. The molecule has 0 bridgehead atoms. The summed E-state index contributed by atoms with van der Waals surface area (Å²) in [5.74, 6) is 0. The molecule has 0 saturated carbocycles. The maximum atomic E-state index is 10.1. The molecule has 0 heterocycles. The van der Waals surface area contributed by atoms with Gasteiger partial charge in [-0.2, -0.15) is 8.78 Å². The van der Waals surface area contributed by atoms with E-state index in [1.165, 1.54) is 0 Å². The minimum atomic E-state index is -1.83. The summed E-state index contributed by atoms with van der Waals surface area (Å²) in [5, 5.41) is 0. The van der Waals surface area contributed by atoms with Crippen LogP contribution in [0, 0.1) is 0 Å². The van der Waals surface area contributed by atoms with Crippen LogP contribution in [0.4, 0.5) is 8.78 Å². The van der Waals surface area contributed by atoms with Crippen LogP contribution in [-0.2, 0) is 0 Å². The predicted octanol–water partition coefficient (Wildman–Crippen LogP) is 3.38. The average molecular weight is 183 g/mol. The molecule has 0 fully saturated rings. The first-order valence-corrected chi connectivity index (χ1v) is 2.70. The summed E-state index contributed by atoms with van der Waals surface area (Å²) in [6, 6.07) is 0. The number of hydrogen-bond acceptors (Lipinski definition) is 0. The Labute approximate surface area is 61.0 Å². The van der Waals surface area contributed by atoms with E-state index < -0.39 is 10.4 Å². The van der Waals surface area contributed by atoms with Crippen LogP contribution in [0.25, 0.3) is 0 Å². The van der Waals surface area contributed by atoms with Gasteiger partial charge < -0.3 is 0 Å². The first-order chi connectivity index (χ1) is 3.46. The molecule has 0 aliphatic rings. The third-order valence-electron chi connectivity index (χ3n) is 0. The van der Waals surface area contributed by atoms with Crippen LogP contribution >= 0.6 is 34.8 Å². The fourth-order valence-corrected chi connectivity index (χ4v) is 0. The molecule has 0 saturated heterocycles. The van der Waals surface area contributed by atoms with Crippen molar-refractivity contribution in [3.05, 3.63) is 12.7 Å². The molecule has 0 unspecified atom stereocenters. The third kappa shape index (κ3) is 876. The van der Waals surface area contributed by atoms with E-state index in [1.807, 2.05) is 0 Å². The Morgan fingerprint density at radius 1 is 1.25 bits per heavy atom. The van der Waals surface area contributed by atoms with Gasteiger partial charge in [-0.25, -0.2) is 0 Å². The largest absolute Gasteiger partial charge is 0.263 e. The van der Waals surface area contributed by atoms with Crippen molar-refractivity contribution in [2.75, 3.05) is 0 Å². The summed E-state index contributed by atoms with van der Waals surface area (Å²) >= 11 is 14.4. The molecule has 0 atom stereocenters. The first-order valence-electron chi connectivity index (χ1n) is 1.39. The minimum Gasteiger partial charge on any atom is -0.174 e. The molecule has 0 N–H and O–H groups in total. The van der Waals surface area contributed by atoms with Gasteiger partial charge in [-0.05, 0) is 6.58 Å². The second-order valence-corrected chi connectivity index (χ2v) is 2.57. The Morgan fingerprint density at radius 2 is 1.25 bits per heavy atom. The second kappa shape index (κ2) is 7.47. The van der Waals surface area contributed by atoms with Crippen molar-refractivity contribution in [1.82, 2.24) is 0 Å². The van der Waals surface area contributed by atoms with Crippen LogP contribution in [0.3, 0.4) is 0 Å². The number of alkyl halides is 3. The Kier molecular flexibility index (Phi) is 10.5. The molecule has 0 radical (unpaired) electrons. The summed E-state index contributed by atoms with van der Waals surface area (Å²) in [4.78, 5) is 0. The second-order valence-electron chi connectivity index (χ2n) is 0.586. The van der Waals surface area contributed by atoms with E-state index in [9.17, 15) is 8.78 Å². The Hall–Kier alpha value is 0.470. The molecule has 0 aromatic carbocycles. The van der Waals surface area contributed by atoms with E-state index in [0.29, 0.717) is 0 Å². The van der Waals surface area contributed by atoms with Crippen molar-refractivity contribution in [3.63, 3.8) is 0 Å². The van der Waals surface area contributed by atoms with E-state index in [2.05, 4.69) is 6.58 Å². The van der Waals surface area contributed by atoms with E-state index in [4.69, 9.17) is 34.8 Å². The number of hydrogen-bond donors (Lipinski definition) is 0. The van der Waals surface area contributed by atoms with Gasteiger partial charge >= 0.3 is 0 Å². The lowest BCUT2D eigenvalue weighted by Gasteiger charge is -1.69. The predicted molar refractivity (Wildman–Crippen MR) is 32.7 cm³/mol. The smallest absolute Gasteiger partial charge is 0.174 e. The molecular formula is C3H3Cl3F2. The Bertz CT molecular complexity index is 56.8. The van der Waals surface area contributed by atoms with Crippen molar-refractivity contribution < 1.29 is 8.78 Å². The van der Waals surface area contributed by atoms with Crippen molar-refractivity contribution in [2.45, 2.75) is 4.30 Å². The highest BCUT2D eigenvalue weighted by Crippen LogP contribution is 2.03. The van der Waals surface area contributed by atoms with Gasteiger partial charge in [-0.1, -0.05) is 34.8 Å². The molecule has 50 valence electrons. The molecule has 0 rings (SSSR count). The van der Waals surface area contributed by atoms with Crippen molar-refractivity contribution in [3.8, 4) is 0 Å². The summed E-state index contributed by atoms with van der Waals surface area (Å²) in [5.41, 5.74) is 0. The highest BCUT2D eigenvalue weighted by Gasteiger charge is 1.78. The van der Waals surface area contributed by atoms with E-state index in [0.717, 1.165) is 0 Å². The summed E-state index contributed by atoms with van der Waals surface area (Å²) in [6.45, 7) is 2.22. The molecule has 0 nitrogen and oxygen atoms in total. The topological polar surface area (TPSA) is 0 Å². The minimum absolute atomic E-state index is 0.750. The molecule has 0 aromatic heterocycles. The van der Waals surface area contributed by atoms with E-state index >= 15 is 0 Å². The van der Waals surface area contributed by atoms with Gasteiger partial charge in [-0.15, -0.1) is 0 Å². The highest BCUT2D eigenvalue weighted by molar-refractivity contribution is 6.63. The maximum Gasteiger partial charge on any atom is 0.263 e. The summed E-state index contributed by atoms with van der Waals surface area (Å²) in [6.07, 6.45) is -1.83. The molecule has 0 aliphatic heterocycles. The molecule has 0 amide bonds. The quantitative estimate of drug-likeness (QED) is 0.505. The zero-order valence-corrected chi connectivity index (χ0v) is 5.94. The van der Waals surface area contributed by atoms with Gasteiger partial charge in [0.2, 0.25) is 0 Å². The van der Waals surface area contributed by atoms with Crippen molar-refractivity contribution in [2.24, 2.45) is 0 Å². The molecule has 0 aliphatic carbocycles. The summed E-state index contributed by atoms with van der Waals surface area (Å²) in [7, 11) is 0. The SMILES string of the molecule is C=C(F)F.ClC(Cl)Cl. The lowest BCUT2D eigenvalue weighted by atomic mass is 11.2. The third-order valence-corrected chi connectivity index (χ3v) is 0. The van der Waals surface area contributed by atoms with Gasteiger partial charge in [0.1, 0.15) is 0 Å². The Morgan fingerprint density at radius 3 is 1.25 bits per heavy atom. The molecule has 0 spiro atoms. The van der Waals surface area contributed by atoms with Gasteiger partial charge in [0.25, 0.3) is 6.08 Å². The van der Waals surface area contributed by atoms with Crippen LogP contribution in [0.1, 0.15) is 0 Å². The zero-order chi connectivity index (χ0) is 7.15. The lowest BCUT2D eigenvalue weighted by Crippen LogP contribution is -1.55. The Balaban J connectivity index is 0. The van der Waals surface area contributed by atoms with Gasteiger partial charge in [0.05, 0.1) is 0 Å². The number of halogens is 5. The molecule has 0 aromatic rings. The molecule has 5 heteroatoms. The summed E-state index contributed by atoms with van der Waals surface area (Å²) < 4.78 is 19.5. The fourth-order valence-electron chi connectivity index (χ4n) is 0. The van der Waals surface area contributed by atoms with E-state index in [1.54, 1.807) is 0 Å². The average Bonchev–Trinajstić information content (AvgIpc) is 1.25. The lowest BCUT2D eigenvalue weighted by molar-refractivity contribution is 0.426. The van der Waals surface area contributed by atoms with Crippen LogP contribution in [0.5, 0.6) is 0 Å². The zero-order valence-electron chi connectivity index (χ0n) is 3.67. The van der Waals surface area contributed by atoms with Crippen LogP contribution < -0.4 is 0 Å². The maximum absolute atomic E-state index is 10.1. The van der Waals surface area contributed by atoms with Crippen LogP contribution in [-0.4, -0.2) is 4.30 Å². The van der Waals surface area contributed by atoms with E-state index in [-0.39, 0.29) is 0 Å². The van der Waals surface area contributed by atoms with Gasteiger partial charge in [0, 0.05) is 0 Å². The van der Waals surface area contributed by atoms with Crippen LogP contribution in [0.2, 0.25) is 0 Å². The normalized spacial score (nSPS) is 7.75. The fraction of sp³-hybridized carbons (Fsp3) is 0.333. The highest BCUT2D eigenvalue weighted by atomic mass is 35.6. The monoisotopic (exact) mass is 182 g/mol. The first kappa shape index (κ1) is 11.3. The van der Waals surface area contributed by atoms with Crippen LogP contribution in [0.15, 0.2) is 12.7 Å².